The standard InChI is InChI=1S/C58H41N3O2/c1-58(2)49-27-15-12-25-45(49)46-32-30-42(35-50(46)58)60(40-22-10-5-11-23-40)53-37-43(36-51-56(53)63-57(59-51)39-20-8-4-9-21-39)61(52-28-16-13-24-44(52)38-18-6-3-7-19-38)41-31-33-55-48(34-41)47-26-14-17-29-54(47)62-55/h3-37H,1-2H3. The fourth-order valence-corrected chi connectivity index (χ4v) is 9.65. The van der Waals surface area contributed by atoms with Crippen LogP contribution in [0.5, 0.6) is 0 Å². The maximum absolute atomic E-state index is 6.94. The third-order valence-corrected chi connectivity index (χ3v) is 12.7. The molecule has 2 heterocycles. The average molecular weight is 812 g/mol. The van der Waals surface area contributed by atoms with Crippen LogP contribution in [-0.4, -0.2) is 4.98 Å². The molecule has 0 aliphatic heterocycles. The van der Waals surface area contributed by atoms with Crippen molar-refractivity contribution < 1.29 is 8.83 Å². The second-order valence-corrected chi connectivity index (χ2v) is 16.8. The van der Waals surface area contributed by atoms with E-state index >= 15 is 0 Å². The molecule has 63 heavy (non-hydrogen) atoms. The number of hydrogen-bond donors (Lipinski definition) is 0. The fraction of sp³-hybridized carbons (Fsp3) is 0.0517. The number of rotatable bonds is 8. The molecule has 0 amide bonds. The molecular weight excluding hydrogens is 771 g/mol. The van der Waals surface area contributed by atoms with Crippen molar-refractivity contribution in [2.24, 2.45) is 0 Å². The highest BCUT2D eigenvalue weighted by atomic mass is 16.3. The summed E-state index contributed by atoms with van der Waals surface area (Å²) in [6.07, 6.45) is 0. The van der Waals surface area contributed by atoms with Crippen LogP contribution in [0.3, 0.4) is 0 Å². The van der Waals surface area contributed by atoms with E-state index in [2.05, 4.69) is 194 Å². The molecule has 1 aliphatic rings. The Morgan fingerprint density at radius 2 is 1.00 bits per heavy atom. The van der Waals surface area contributed by atoms with Crippen molar-refractivity contribution in [1.82, 2.24) is 4.98 Å². The normalized spacial score (nSPS) is 12.7. The summed E-state index contributed by atoms with van der Waals surface area (Å²) in [7, 11) is 0. The lowest BCUT2D eigenvalue weighted by atomic mass is 9.82. The van der Waals surface area contributed by atoms with E-state index in [-0.39, 0.29) is 5.41 Å². The maximum atomic E-state index is 6.94. The summed E-state index contributed by atoms with van der Waals surface area (Å²) in [5, 5.41) is 2.12. The number of anilines is 6. The van der Waals surface area contributed by atoms with Gasteiger partial charge in [-0.3, -0.25) is 0 Å². The van der Waals surface area contributed by atoms with Crippen molar-refractivity contribution in [2.45, 2.75) is 19.3 Å². The topological polar surface area (TPSA) is 45.7 Å². The lowest BCUT2D eigenvalue weighted by Gasteiger charge is -2.31. The Hall–Kier alpha value is -8.15. The van der Waals surface area contributed by atoms with E-state index in [1.807, 2.05) is 42.5 Å². The minimum atomic E-state index is -0.192. The number of oxazole rings is 1. The zero-order chi connectivity index (χ0) is 42.1. The SMILES string of the molecule is CC1(C)c2ccccc2-c2ccc(N(c3ccccc3)c3cc(N(c4ccc5oc6ccccc6c5c4)c4ccccc4-c4ccccc4)cc4nc(-c5ccccc5)oc34)cc21. The Morgan fingerprint density at radius 3 is 1.81 bits per heavy atom. The second-order valence-electron chi connectivity index (χ2n) is 16.8. The Morgan fingerprint density at radius 1 is 0.397 bits per heavy atom. The van der Waals surface area contributed by atoms with Gasteiger partial charge in [-0.05, 0) is 107 Å². The van der Waals surface area contributed by atoms with Crippen LogP contribution < -0.4 is 9.80 Å². The summed E-state index contributed by atoms with van der Waals surface area (Å²) in [5.41, 5.74) is 17.1. The molecule has 2 aromatic heterocycles. The Labute approximate surface area is 365 Å². The molecule has 0 spiro atoms. The van der Waals surface area contributed by atoms with E-state index in [0.29, 0.717) is 11.5 Å². The van der Waals surface area contributed by atoms with Gasteiger partial charge in [-0.1, -0.05) is 147 Å². The largest absolute Gasteiger partial charge is 0.456 e. The van der Waals surface area contributed by atoms with Crippen LogP contribution in [0.2, 0.25) is 0 Å². The van der Waals surface area contributed by atoms with Gasteiger partial charge in [0.05, 0.1) is 17.1 Å². The first-order valence-electron chi connectivity index (χ1n) is 21.5. The van der Waals surface area contributed by atoms with Gasteiger partial charge in [0.25, 0.3) is 0 Å². The second kappa shape index (κ2) is 14.5. The fourth-order valence-electron chi connectivity index (χ4n) is 9.65. The van der Waals surface area contributed by atoms with Crippen LogP contribution in [0.1, 0.15) is 25.0 Å². The lowest BCUT2D eigenvalue weighted by Crippen LogP contribution is -2.17. The molecule has 5 heteroatoms. The smallest absolute Gasteiger partial charge is 0.227 e. The molecule has 0 radical (unpaired) electrons. The zero-order valence-electron chi connectivity index (χ0n) is 34.9. The molecule has 9 aromatic carbocycles. The van der Waals surface area contributed by atoms with Gasteiger partial charge < -0.3 is 18.6 Å². The monoisotopic (exact) mass is 811 g/mol. The lowest BCUT2D eigenvalue weighted by molar-refractivity contribution is 0.620. The number of hydrogen-bond acceptors (Lipinski definition) is 5. The number of fused-ring (bicyclic) bond motifs is 7. The summed E-state index contributed by atoms with van der Waals surface area (Å²) in [6, 6.07) is 74.9. The van der Waals surface area contributed by atoms with Gasteiger partial charge in [-0.25, -0.2) is 4.98 Å². The summed E-state index contributed by atoms with van der Waals surface area (Å²) < 4.78 is 13.3. The molecule has 0 saturated heterocycles. The van der Waals surface area contributed by atoms with Crippen LogP contribution in [0.4, 0.5) is 34.1 Å². The van der Waals surface area contributed by atoms with Crippen LogP contribution in [0.15, 0.2) is 221 Å². The summed E-state index contributed by atoms with van der Waals surface area (Å²) in [4.78, 5) is 9.97. The Bertz CT molecular complexity index is 3500. The summed E-state index contributed by atoms with van der Waals surface area (Å²) in [6.45, 7) is 4.66. The Balaban J connectivity index is 1.15. The molecule has 0 fully saturated rings. The van der Waals surface area contributed by atoms with Crippen molar-refractivity contribution in [1.29, 1.82) is 0 Å². The quantitative estimate of drug-likeness (QED) is 0.153. The number of benzene rings is 9. The maximum Gasteiger partial charge on any atom is 0.227 e. The molecular formula is C58H41N3O2. The highest BCUT2D eigenvalue weighted by Gasteiger charge is 2.36. The van der Waals surface area contributed by atoms with E-state index in [0.717, 1.165) is 78.3 Å². The van der Waals surface area contributed by atoms with Crippen LogP contribution in [0, 0.1) is 0 Å². The van der Waals surface area contributed by atoms with Gasteiger partial charge in [-0.2, -0.15) is 0 Å². The van der Waals surface area contributed by atoms with Crippen LogP contribution in [0.25, 0.3) is 66.7 Å². The number of para-hydroxylation sites is 3. The zero-order valence-corrected chi connectivity index (χ0v) is 34.9. The third kappa shape index (κ3) is 6.04. The first kappa shape index (κ1) is 36.7. The number of nitrogens with zero attached hydrogens (tertiary/aromatic N) is 3. The number of furan rings is 1. The van der Waals surface area contributed by atoms with Gasteiger partial charge in [-0.15, -0.1) is 0 Å². The van der Waals surface area contributed by atoms with Crippen LogP contribution >= 0.6 is 0 Å². The van der Waals surface area contributed by atoms with E-state index in [9.17, 15) is 0 Å². The highest BCUT2D eigenvalue weighted by molar-refractivity contribution is 6.07. The molecule has 1 aliphatic carbocycles. The van der Waals surface area contributed by atoms with Crippen molar-refractivity contribution >= 4 is 67.2 Å². The van der Waals surface area contributed by atoms with E-state index in [1.165, 1.54) is 22.3 Å². The van der Waals surface area contributed by atoms with Gasteiger partial charge in [0.15, 0.2) is 5.58 Å². The summed E-state index contributed by atoms with van der Waals surface area (Å²) >= 11 is 0. The van der Waals surface area contributed by atoms with E-state index < -0.39 is 0 Å². The molecule has 0 saturated carbocycles. The van der Waals surface area contributed by atoms with Gasteiger partial charge in [0.2, 0.25) is 5.89 Å². The molecule has 0 unspecified atom stereocenters. The number of aromatic nitrogens is 1. The third-order valence-electron chi connectivity index (χ3n) is 12.7. The van der Waals surface area contributed by atoms with Crippen molar-refractivity contribution in [3.63, 3.8) is 0 Å². The van der Waals surface area contributed by atoms with Crippen molar-refractivity contribution in [3.05, 3.63) is 223 Å². The molecule has 5 nitrogen and oxygen atoms in total. The summed E-state index contributed by atoms with van der Waals surface area (Å²) in [5.74, 6) is 0.560. The highest BCUT2D eigenvalue weighted by Crippen LogP contribution is 2.52. The van der Waals surface area contributed by atoms with Crippen molar-refractivity contribution in [3.8, 4) is 33.7 Å². The molecule has 0 bridgehead atoms. The predicted octanol–water partition coefficient (Wildman–Crippen LogP) is 16.3. The molecule has 11 aromatic rings. The minimum absolute atomic E-state index is 0.192. The average Bonchev–Trinajstić information content (AvgIpc) is 4.01. The molecule has 12 rings (SSSR count). The van der Waals surface area contributed by atoms with Crippen molar-refractivity contribution in [2.75, 3.05) is 9.80 Å². The molecule has 0 N–H and O–H groups in total. The minimum Gasteiger partial charge on any atom is -0.456 e. The molecule has 300 valence electrons. The van der Waals surface area contributed by atoms with Gasteiger partial charge >= 0.3 is 0 Å². The Kier molecular flexibility index (Phi) is 8.44. The van der Waals surface area contributed by atoms with E-state index in [1.54, 1.807) is 0 Å². The van der Waals surface area contributed by atoms with Gasteiger partial charge in [0.1, 0.15) is 16.7 Å². The predicted molar refractivity (Wildman–Crippen MR) is 259 cm³/mol. The first-order chi connectivity index (χ1) is 31.0. The molecule has 0 atom stereocenters. The van der Waals surface area contributed by atoms with E-state index in [4.69, 9.17) is 13.8 Å². The van der Waals surface area contributed by atoms with Crippen LogP contribution in [-0.2, 0) is 5.41 Å². The first-order valence-corrected chi connectivity index (χ1v) is 21.5. The van der Waals surface area contributed by atoms with Gasteiger partial charge in [0, 0.05) is 44.4 Å².